The molecular weight excluding hydrogens is 340 g/mol. The standard InChI is InChI=1S/C23H30O4/c1-12-9-13-10-14(24)3-4-15(13)16-5-7-22(2)21(20(12)16)17-11-18(17)23(22,27)8-6-19(25)26/h6,8,10,12,15-18,20-21,27H,3-5,7,9,11H2,1-2H3,(H,25,26)/b8-6-/t12-,15-,16+,17+,18-,20+,21-,22-,23-/m0/s1. The first-order chi connectivity index (χ1) is 12.8. The fraction of sp³-hybridized carbons (Fsp3) is 0.739. The van der Waals surface area contributed by atoms with Gasteiger partial charge in [0.05, 0.1) is 5.60 Å². The molecule has 5 rings (SSSR count). The summed E-state index contributed by atoms with van der Waals surface area (Å²) in [6.07, 6.45) is 10.5. The summed E-state index contributed by atoms with van der Waals surface area (Å²) in [5.41, 5.74) is 0.174. The van der Waals surface area contributed by atoms with Crippen LogP contribution in [0.1, 0.15) is 52.4 Å². The van der Waals surface area contributed by atoms with E-state index in [9.17, 15) is 14.7 Å². The summed E-state index contributed by atoms with van der Waals surface area (Å²) < 4.78 is 0. The summed E-state index contributed by atoms with van der Waals surface area (Å²) in [6, 6.07) is 0. The average molecular weight is 370 g/mol. The average Bonchev–Trinajstić information content (AvgIpc) is 3.36. The summed E-state index contributed by atoms with van der Waals surface area (Å²) in [7, 11) is 0. The van der Waals surface area contributed by atoms with Crippen molar-refractivity contribution in [2.75, 3.05) is 0 Å². The van der Waals surface area contributed by atoms with Crippen molar-refractivity contribution < 1.29 is 19.8 Å². The predicted octanol–water partition coefficient (Wildman–Crippen LogP) is 3.60. The molecule has 0 bridgehead atoms. The summed E-state index contributed by atoms with van der Waals surface area (Å²) in [5, 5.41) is 20.8. The lowest BCUT2D eigenvalue weighted by Crippen LogP contribution is -2.56. The molecule has 0 saturated heterocycles. The minimum absolute atomic E-state index is 0.221. The monoisotopic (exact) mass is 370 g/mol. The number of hydrogen-bond donors (Lipinski definition) is 2. The van der Waals surface area contributed by atoms with E-state index in [1.165, 1.54) is 5.57 Å². The highest BCUT2D eigenvalue weighted by Gasteiger charge is 2.75. The van der Waals surface area contributed by atoms with Gasteiger partial charge < -0.3 is 10.2 Å². The number of fused-ring (bicyclic) bond motifs is 7. The number of carboxylic acids is 1. The fourth-order valence-electron chi connectivity index (χ4n) is 8.12. The van der Waals surface area contributed by atoms with Crippen LogP contribution in [-0.4, -0.2) is 27.6 Å². The maximum Gasteiger partial charge on any atom is 0.328 e. The van der Waals surface area contributed by atoms with Crippen LogP contribution in [0, 0.1) is 46.8 Å². The molecule has 27 heavy (non-hydrogen) atoms. The molecule has 0 aromatic carbocycles. The predicted molar refractivity (Wildman–Crippen MR) is 101 cm³/mol. The zero-order valence-electron chi connectivity index (χ0n) is 16.2. The minimum atomic E-state index is -0.982. The van der Waals surface area contributed by atoms with Gasteiger partial charge in [-0.2, -0.15) is 0 Å². The number of carboxylic acid groups (broad SMARTS) is 1. The second-order valence-corrected chi connectivity index (χ2v) is 10.2. The second kappa shape index (κ2) is 5.56. The lowest BCUT2D eigenvalue weighted by molar-refractivity contribution is -0.133. The molecule has 4 heteroatoms. The Balaban J connectivity index is 1.52. The number of allylic oxidation sites excluding steroid dienone is 1. The Morgan fingerprint density at radius 1 is 1.30 bits per heavy atom. The van der Waals surface area contributed by atoms with Gasteiger partial charge in [-0.15, -0.1) is 0 Å². The zero-order valence-corrected chi connectivity index (χ0v) is 16.2. The molecule has 4 fully saturated rings. The van der Waals surface area contributed by atoms with E-state index in [2.05, 4.69) is 13.8 Å². The van der Waals surface area contributed by atoms with Crippen LogP contribution in [0.15, 0.2) is 23.8 Å². The molecule has 0 aliphatic heterocycles. The van der Waals surface area contributed by atoms with E-state index in [-0.39, 0.29) is 11.3 Å². The van der Waals surface area contributed by atoms with Crippen LogP contribution in [0.3, 0.4) is 0 Å². The van der Waals surface area contributed by atoms with Gasteiger partial charge in [0.25, 0.3) is 0 Å². The molecule has 0 spiro atoms. The molecule has 4 nitrogen and oxygen atoms in total. The molecular formula is C23H30O4. The molecule has 0 radical (unpaired) electrons. The van der Waals surface area contributed by atoms with E-state index in [4.69, 9.17) is 5.11 Å². The Bertz CT molecular complexity index is 766. The highest BCUT2D eigenvalue weighted by molar-refractivity contribution is 5.91. The van der Waals surface area contributed by atoms with Gasteiger partial charge in [-0.25, -0.2) is 4.79 Å². The molecule has 0 aromatic rings. The Morgan fingerprint density at radius 3 is 2.81 bits per heavy atom. The lowest BCUT2D eigenvalue weighted by atomic mass is 9.47. The number of carbonyl (C=O) groups is 2. The van der Waals surface area contributed by atoms with Crippen molar-refractivity contribution in [3.63, 3.8) is 0 Å². The van der Waals surface area contributed by atoms with Crippen LogP contribution < -0.4 is 0 Å². The number of ketones is 1. The molecule has 5 aliphatic rings. The Labute approximate surface area is 160 Å². The molecule has 0 amide bonds. The third-order valence-electron chi connectivity index (χ3n) is 9.16. The summed E-state index contributed by atoms with van der Waals surface area (Å²) >= 11 is 0. The minimum Gasteiger partial charge on any atom is -0.478 e. The number of aliphatic hydroxyl groups is 1. The number of aliphatic carboxylic acids is 1. The van der Waals surface area contributed by atoms with Gasteiger partial charge in [0.1, 0.15) is 0 Å². The zero-order chi connectivity index (χ0) is 19.1. The topological polar surface area (TPSA) is 74.6 Å². The first-order valence-electron chi connectivity index (χ1n) is 10.6. The van der Waals surface area contributed by atoms with Gasteiger partial charge in [-0.1, -0.05) is 19.4 Å². The smallest absolute Gasteiger partial charge is 0.328 e. The van der Waals surface area contributed by atoms with Crippen LogP contribution in [-0.2, 0) is 9.59 Å². The first-order valence-corrected chi connectivity index (χ1v) is 10.6. The maximum atomic E-state index is 11.9. The summed E-state index contributed by atoms with van der Waals surface area (Å²) in [6.45, 7) is 4.55. The van der Waals surface area contributed by atoms with E-state index in [1.807, 2.05) is 6.08 Å². The highest BCUT2D eigenvalue weighted by atomic mass is 16.4. The van der Waals surface area contributed by atoms with E-state index in [0.717, 1.165) is 38.2 Å². The molecule has 0 aromatic heterocycles. The lowest BCUT2D eigenvalue weighted by Gasteiger charge is -2.58. The molecule has 146 valence electrons. The van der Waals surface area contributed by atoms with Gasteiger partial charge in [0, 0.05) is 17.9 Å². The van der Waals surface area contributed by atoms with E-state index < -0.39 is 11.6 Å². The van der Waals surface area contributed by atoms with Crippen LogP contribution in [0.5, 0.6) is 0 Å². The molecule has 0 heterocycles. The van der Waals surface area contributed by atoms with Crippen molar-refractivity contribution in [2.45, 2.75) is 58.0 Å². The number of hydrogen-bond acceptors (Lipinski definition) is 3. The van der Waals surface area contributed by atoms with Gasteiger partial charge in [-0.05, 0) is 85.7 Å². The first kappa shape index (κ1) is 17.7. The number of rotatable bonds is 2. The molecule has 9 atom stereocenters. The van der Waals surface area contributed by atoms with E-state index >= 15 is 0 Å². The number of carbonyl (C=O) groups excluding carboxylic acids is 1. The fourth-order valence-corrected chi connectivity index (χ4v) is 8.12. The van der Waals surface area contributed by atoms with Crippen molar-refractivity contribution >= 4 is 11.8 Å². The highest BCUT2D eigenvalue weighted by Crippen LogP contribution is 2.76. The Kier molecular flexibility index (Phi) is 3.64. The normalized spacial score (nSPS) is 53.2. The van der Waals surface area contributed by atoms with Crippen LogP contribution in [0.25, 0.3) is 0 Å². The van der Waals surface area contributed by atoms with Gasteiger partial charge >= 0.3 is 5.97 Å². The second-order valence-electron chi connectivity index (χ2n) is 10.2. The summed E-state index contributed by atoms with van der Waals surface area (Å²) in [4.78, 5) is 23.0. The SMILES string of the molecule is C[C@H]1CC2=CC(=O)CC[C@@H]2[C@H]2CC[C@@]3(C)[C@@H]([C@@H]4C[C@@H]4[C@@]3(O)/C=C\C(=O)O)[C@@H]21. The quantitative estimate of drug-likeness (QED) is 0.728. The molecule has 0 unspecified atom stereocenters. The van der Waals surface area contributed by atoms with Crippen molar-refractivity contribution in [3.05, 3.63) is 23.8 Å². The molecule has 2 N–H and O–H groups in total. The third kappa shape index (κ3) is 2.25. The van der Waals surface area contributed by atoms with Crippen molar-refractivity contribution in [3.8, 4) is 0 Å². The van der Waals surface area contributed by atoms with Crippen molar-refractivity contribution in [1.82, 2.24) is 0 Å². The van der Waals surface area contributed by atoms with Crippen LogP contribution >= 0.6 is 0 Å². The van der Waals surface area contributed by atoms with Crippen LogP contribution in [0.4, 0.5) is 0 Å². The van der Waals surface area contributed by atoms with E-state index in [1.54, 1.807) is 6.08 Å². The van der Waals surface area contributed by atoms with Crippen LogP contribution in [0.2, 0.25) is 0 Å². The largest absolute Gasteiger partial charge is 0.478 e. The molecule has 5 aliphatic carbocycles. The maximum absolute atomic E-state index is 11.9. The van der Waals surface area contributed by atoms with Gasteiger partial charge in [-0.3, -0.25) is 4.79 Å². The van der Waals surface area contributed by atoms with Gasteiger partial charge in [0.15, 0.2) is 5.78 Å². The third-order valence-corrected chi connectivity index (χ3v) is 9.16. The Morgan fingerprint density at radius 2 is 2.07 bits per heavy atom. The Hall–Kier alpha value is -1.42. The van der Waals surface area contributed by atoms with Gasteiger partial charge in [0.2, 0.25) is 0 Å². The van der Waals surface area contributed by atoms with E-state index in [0.29, 0.717) is 47.7 Å². The van der Waals surface area contributed by atoms with Crippen molar-refractivity contribution in [2.24, 2.45) is 46.8 Å². The molecule has 4 saturated carbocycles. The van der Waals surface area contributed by atoms with Crippen molar-refractivity contribution in [1.29, 1.82) is 0 Å². The summed E-state index contributed by atoms with van der Waals surface area (Å²) in [5.74, 6) is 2.83.